The van der Waals surface area contributed by atoms with Crippen molar-refractivity contribution in [2.75, 3.05) is 26.2 Å². The first-order valence-corrected chi connectivity index (χ1v) is 10.1. The molecule has 0 aliphatic carbocycles. The van der Waals surface area contributed by atoms with Gasteiger partial charge >= 0.3 is 0 Å². The molecule has 0 spiro atoms. The number of hydrogen-bond donors (Lipinski definition) is 1. The first-order valence-electron chi connectivity index (χ1n) is 8.50. The van der Waals surface area contributed by atoms with Crippen LogP contribution in [0.5, 0.6) is 0 Å². The molecule has 5 nitrogen and oxygen atoms in total. The first kappa shape index (κ1) is 18.1. The van der Waals surface area contributed by atoms with Gasteiger partial charge in [-0.2, -0.15) is 0 Å². The van der Waals surface area contributed by atoms with Gasteiger partial charge in [0, 0.05) is 26.2 Å². The molecule has 1 aliphatic rings. The predicted octanol–water partition coefficient (Wildman–Crippen LogP) is 2.01. The molecule has 0 saturated carbocycles. The number of hydrogen-bond acceptors (Lipinski definition) is 4. The molecule has 2 aromatic carbocycles. The molecule has 25 heavy (non-hydrogen) atoms. The van der Waals surface area contributed by atoms with Gasteiger partial charge in [0.2, 0.25) is 10.0 Å². The number of morpholine rings is 1. The molecule has 1 heterocycles. The minimum Gasteiger partial charge on any atom is -0.374 e. The van der Waals surface area contributed by atoms with E-state index in [0.717, 1.165) is 25.2 Å². The number of rotatable bonds is 7. The number of nitrogens with one attached hydrogen (secondary N) is 1. The molecule has 6 heteroatoms. The van der Waals surface area contributed by atoms with Crippen molar-refractivity contribution in [1.29, 1.82) is 0 Å². The number of ether oxygens (including phenoxy) is 1. The summed E-state index contributed by atoms with van der Waals surface area (Å²) in [6.45, 7) is 3.38. The second kappa shape index (κ2) is 8.58. The van der Waals surface area contributed by atoms with Crippen LogP contribution in [-0.2, 0) is 27.1 Å². The molecule has 0 bridgehead atoms. The lowest BCUT2D eigenvalue weighted by Crippen LogP contribution is -2.47. The summed E-state index contributed by atoms with van der Waals surface area (Å²) in [5, 5.41) is 0. The van der Waals surface area contributed by atoms with Crippen LogP contribution in [0.3, 0.4) is 0 Å². The van der Waals surface area contributed by atoms with Crippen molar-refractivity contribution in [3.8, 4) is 0 Å². The highest BCUT2D eigenvalue weighted by Gasteiger charge is 2.22. The molecule has 3 rings (SSSR count). The number of nitrogens with zero attached hydrogens (tertiary/aromatic N) is 1. The largest absolute Gasteiger partial charge is 0.374 e. The van der Waals surface area contributed by atoms with Crippen LogP contribution in [0.25, 0.3) is 0 Å². The highest BCUT2D eigenvalue weighted by atomic mass is 32.2. The van der Waals surface area contributed by atoms with Crippen LogP contribution in [0, 0.1) is 0 Å². The second-order valence-electron chi connectivity index (χ2n) is 6.31. The Balaban J connectivity index is 1.49. The zero-order valence-corrected chi connectivity index (χ0v) is 15.0. The number of benzene rings is 2. The van der Waals surface area contributed by atoms with Crippen molar-refractivity contribution in [1.82, 2.24) is 9.62 Å². The Morgan fingerprint density at radius 3 is 2.32 bits per heavy atom. The summed E-state index contributed by atoms with van der Waals surface area (Å²) in [4.78, 5) is 2.30. The number of sulfonamides is 1. The fourth-order valence-corrected chi connectivity index (χ4v) is 4.13. The van der Waals surface area contributed by atoms with E-state index in [1.165, 1.54) is 5.56 Å². The van der Waals surface area contributed by atoms with Gasteiger partial charge in [-0.1, -0.05) is 60.7 Å². The zero-order chi connectivity index (χ0) is 17.5. The minimum atomic E-state index is -3.36. The van der Waals surface area contributed by atoms with Crippen molar-refractivity contribution < 1.29 is 13.2 Å². The van der Waals surface area contributed by atoms with E-state index in [1.807, 2.05) is 48.5 Å². The molecule has 2 aromatic rings. The third-order valence-corrected chi connectivity index (χ3v) is 5.52. The van der Waals surface area contributed by atoms with Crippen LogP contribution >= 0.6 is 0 Å². The normalized spacial score (nSPS) is 19.0. The zero-order valence-electron chi connectivity index (χ0n) is 14.2. The van der Waals surface area contributed by atoms with Gasteiger partial charge in [-0.25, -0.2) is 13.1 Å². The summed E-state index contributed by atoms with van der Waals surface area (Å²) in [5.41, 5.74) is 2.04. The molecule has 1 N–H and O–H groups in total. The van der Waals surface area contributed by atoms with E-state index in [2.05, 4.69) is 21.8 Å². The van der Waals surface area contributed by atoms with Crippen molar-refractivity contribution in [2.24, 2.45) is 0 Å². The Hall–Kier alpha value is -1.73. The molecule has 0 radical (unpaired) electrons. The molecule has 1 atom stereocenters. The summed E-state index contributed by atoms with van der Waals surface area (Å²) >= 11 is 0. The molecule has 0 aromatic heterocycles. The van der Waals surface area contributed by atoms with Gasteiger partial charge in [0.05, 0.1) is 18.5 Å². The summed E-state index contributed by atoms with van der Waals surface area (Å²) in [6.07, 6.45) is -0.122. The standard InChI is InChI=1S/C19H24N2O3S/c22-25(23,16-18-9-5-2-6-10-18)20-13-19-15-21(11-12-24-19)14-17-7-3-1-4-8-17/h1-10,19-20H,11-16H2. The maximum Gasteiger partial charge on any atom is 0.215 e. The van der Waals surface area contributed by atoms with E-state index in [0.29, 0.717) is 13.2 Å². The molecular weight excluding hydrogens is 336 g/mol. The minimum absolute atomic E-state index is 0.00567. The van der Waals surface area contributed by atoms with Crippen molar-refractivity contribution in [3.05, 3.63) is 71.8 Å². The molecular formula is C19H24N2O3S. The van der Waals surface area contributed by atoms with Gasteiger partial charge in [0.25, 0.3) is 0 Å². The van der Waals surface area contributed by atoms with E-state index < -0.39 is 10.0 Å². The van der Waals surface area contributed by atoms with Gasteiger partial charge in [-0.05, 0) is 11.1 Å². The lowest BCUT2D eigenvalue weighted by molar-refractivity contribution is -0.0276. The van der Waals surface area contributed by atoms with Crippen LogP contribution in [0.4, 0.5) is 0 Å². The van der Waals surface area contributed by atoms with Gasteiger partial charge in [-0.3, -0.25) is 4.90 Å². The molecule has 134 valence electrons. The first-order chi connectivity index (χ1) is 12.1. The highest BCUT2D eigenvalue weighted by Crippen LogP contribution is 2.11. The van der Waals surface area contributed by atoms with Crippen molar-refractivity contribution >= 4 is 10.0 Å². The Bertz CT molecular complexity index is 751. The fourth-order valence-electron chi connectivity index (χ4n) is 2.95. The van der Waals surface area contributed by atoms with Crippen LogP contribution in [0.15, 0.2) is 60.7 Å². The van der Waals surface area contributed by atoms with Gasteiger partial charge in [0.15, 0.2) is 0 Å². The van der Waals surface area contributed by atoms with Crippen LogP contribution in [0.2, 0.25) is 0 Å². The molecule has 1 aliphatic heterocycles. The Morgan fingerprint density at radius 1 is 1.00 bits per heavy atom. The monoisotopic (exact) mass is 360 g/mol. The second-order valence-corrected chi connectivity index (χ2v) is 8.11. The molecule has 1 unspecified atom stereocenters. The van der Waals surface area contributed by atoms with Crippen molar-refractivity contribution in [3.63, 3.8) is 0 Å². The topological polar surface area (TPSA) is 58.6 Å². The van der Waals surface area contributed by atoms with Crippen molar-refractivity contribution in [2.45, 2.75) is 18.4 Å². The van der Waals surface area contributed by atoms with Gasteiger partial charge in [-0.15, -0.1) is 0 Å². The van der Waals surface area contributed by atoms with Gasteiger partial charge in [0.1, 0.15) is 0 Å². The maximum absolute atomic E-state index is 12.2. The smallest absolute Gasteiger partial charge is 0.215 e. The molecule has 0 amide bonds. The van der Waals surface area contributed by atoms with E-state index >= 15 is 0 Å². The molecule has 1 saturated heterocycles. The van der Waals surface area contributed by atoms with E-state index in [9.17, 15) is 8.42 Å². The summed E-state index contributed by atoms with van der Waals surface area (Å²) in [5.74, 6) is -0.00567. The summed E-state index contributed by atoms with van der Waals surface area (Å²) in [7, 11) is -3.36. The average Bonchev–Trinajstić information content (AvgIpc) is 2.62. The summed E-state index contributed by atoms with van der Waals surface area (Å²) in [6, 6.07) is 19.5. The lowest BCUT2D eigenvalue weighted by Gasteiger charge is -2.33. The average molecular weight is 360 g/mol. The van der Waals surface area contributed by atoms with Gasteiger partial charge < -0.3 is 4.74 Å². The Kier molecular flexibility index (Phi) is 6.20. The predicted molar refractivity (Wildman–Crippen MR) is 98.5 cm³/mol. The van der Waals surface area contributed by atoms with E-state index in [4.69, 9.17) is 4.74 Å². The fraction of sp³-hybridized carbons (Fsp3) is 0.368. The third kappa shape index (κ3) is 5.93. The Labute approximate surface area is 149 Å². The maximum atomic E-state index is 12.2. The lowest BCUT2D eigenvalue weighted by atomic mass is 10.2. The van der Waals surface area contributed by atoms with Crippen LogP contribution in [-0.4, -0.2) is 45.7 Å². The Morgan fingerprint density at radius 2 is 1.64 bits per heavy atom. The van der Waals surface area contributed by atoms with Crippen LogP contribution < -0.4 is 4.72 Å². The summed E-state index contributed by atoms with van der Waals surface area (Å²) < 4.78 is 32.9. The quantitative estimate of drug-likeness (QED) is 0.821. The third-order valence-electron chi connectivity index (χ3n) is 4.20. The van der Waals surface area contributed by atoms with Crippen LogP contribution in [0.1, 0.15) is 11.1 Å². The van der Waals surface area contributed by atoms with E-state index in [-0.39, 0.29) is 11.9 Å². The highest BCUT2D eigenvalue weighted by molar-refractivity contribution is 7.88. The van der Waals surface area contributed by atoms with E-state index in [1.54, 1.807) is 0 Å². The SMILES string of the molecule is O=S(=O)(Cc1ccccc1)NCC1CN(Cc2ccccc2)CCO1. The molecule has 1 fully saturated rings.